The number of hydrogen-bond donors (Lipinski definition) is 1. The highest BCUT2D eigenvalue weighted by Gasteiger charge is 2.25. The van der Waals surface area contributed by atoms with Gasteiger partial charge in [0.2, 0.25) is 5.91 Å². The SMILES string of the molecule is NCC(=O)N1CCN(C(=O)c2ccc(F)cc2F)CC1. The summed E-state index contributed by atoms with van der Waals surface area (Å²) in [6, 6.07) is 2.86. The maximum absolute atomic E-state index is 13.5. The first-order chi connectivity index (χ1) is 9.52. The van der Waals surface area contributed by atoms with Gasteiger partial charge in [-0.15, -0.1) is 0 Å². The summed E-state index contributed by atoms with van der Waals surface area (Å²) in [4.78, 5) is 26.5. The molecule has 1 aliphatic heterocycles. The van der Waals surface area contributed by atoms with Crippen LogP contribution in [0.2, 0.25) is 0 Å². The van der Waals surface area contributed by atoms with Gasteiger partial charge in [0.15, 0.2) is 0 Å². The van der Waals surface area contributed by atoms with Crippen molar-refractivity contribution in [1.82, 2.24) is 9.80 Å². The van der Waals surface area contributed by atoms with Crippen LogP contribution < -0.4 is 5.73 Å². The molecule has 2 rings (SSSR count). The van der Waals surface area contributed by atoms with Gasteiger partial charge in [-0.3, -0.25) is 9.59 Å². The number of hydrogen-bond acceptors (Lipinski definition) is 3. The average Bonchev–Trinajstić information content (AvgIpc) is 2.46. The van der Waals surface area contributed by atoms with E-state index in [2.05, 4.69) is 0 Å². The monoisotopic (exact) mass is 283 g/mol. The van der Waals surface area contributed by atoms with Crippen LogP contribution in [-0.4, -0.2) is 54.3 Å². The summed E-state index contributed by atoms with van der Waals surface area (Å²) in [5.74, 6) is -2.28. The van der Waals surface area contributed by atoms with Gasteiger partial charge in [0.05, 0.1) is 12.1 Å². The molecule has 1 saturated heterocycles. The number of benzene rings is 1. The summed E-state index contributed by atoms with van der Waals surface area (Å²) in [5.41, 5.74) is 5.10. The van der Waals surface area contributed by atoms with Crippen molar-refractivity contribution in [2.24, 2.45) is 5.73 Å². The molecule has 20 heavy (non-hydrogen) atoms. The third-order valence-corrected chi connectivity index (χ3v) is 3.26. The molecule has 108 valence electrons. The summed E-state index contributed by atoms with van der Waals surface area (Å²) < 4.78 is 26.4. The maximum atomic E-state index is 13.5. The summed E-state index contributed by atoms with van der Waals surface area (Å²) in [6.45, 7) is 1.28. The van der Waals surface area contributed by atoms with Crippen LogP contribution in [0.5, 0.6) is 0 Å². The van der Waals surface area contributed by atoms with E-state index < -0.39 is 17.5 Å². The molecule has 0 radical (unpaired) electrons. The van der Waals surface area contributed by atoms with Gasteiger partial charge in [-0.1, -0.05) is 0 Å². The van der Waals surface area contributed by atoms with E-state index >= 15 is 0 Å². The predicted molar refractivity (Wildman–Crippen MR) is 67.9 cm³/mol. The van der Waals surface area contributed by atoms with Gasteiger partial charge in [-0.05, 0) is 12.1 Å². The fraction of sp³-hybridized carbons (Fsp3) is 0.385. The fourth-order valence-corrected chi connectivity index (χ4v) is 2.12. The second-order valence-electron chi connectivity index (χ2n) is 4.50. The Balaban J connectivity index is 2.03. The highest BCUT2D eigenvalue weighted by Crippen LogP contribution is 2.14. The zero-order valence-corrected chi connectivity index (χ0v) is 10.8. The number of rotatable bonds is 2. The van der Waals surface area contributed by atoms with Crippen LogP contribution in [0.25, 0.3) is 0 Å². The third kappa shape index (κ3) is 2.93. The Kier molecular flexibility index (Phi) is 4.29. The van der Waals surface area contributed by atoms with Gasteiger partial charge in [-0.25, -0.2) is 8.78 Å². The summed E-state index contributed by atoms with van der Waals surface area (Å²) >= 11 is 0. The minimum Gasteiger partial charge on any atom is -0.338 e. The molecule has 2 N–H and O–H groups in total. The maximum Gasteiger partial charge on any atom is 0.256 e. The average molecular weight is 283 g/mol. The number of piperazine rings is 1. The van der Waals surface area contributed by atoms with Crippen molar-refractivity contribution in [2.75, 3.05) is 32.7 Å². The van der Waals surface area contributed by atoms with Gasteiger partial charge in [-0.2, -0.15) is 0 Å². The number of carbonyl (C=O) groups excluding carboxylic acids is 2. The molecule has 1 aromatic rings. The van der Waals surface area contributed by atoms with Gasteiger partial charge in [0, 0.05) is 32.2 Å². The lowest BCUT2D eigenvalue weighted by Gasteiger charge is -2.34. The van der Waals surface area contributed by atoms with Crippen LogP contribution in [0.15, 0.2) is 18.2 Å². The lowest BCUT2D eigenvalue weighted by molar-refractivity contribution is -0.131. The van der Waals surface area contributed by atoms with E-state index in [4.69, 9.17) is 5.73 Å². The summed E-state index contributed by atoms with van der Waals surface area (Å²) in [7, 11) is 0. The molecule has 7 heteroatoms. The van der Waals surface area contributed by atoms with Crippen molar-refractivity contribution < 1.29 is 18.4 Å². The Morgan fingerprint density at radius 3 is 2.25 bits per heavy atom. The molecule has 1 fully saturated rings. The Labute approximate surface area is 114 Å². The zero-order chi connectivity index (χ0) is 14.7. The normalized spacial score (nSPS) is 15.3. The molecule has 0 unspecified atom stereocenters. The molecule has 0 aliphatic carbocycles. The number of amides is 2. The molecule has 1 heterocycles. The van der Waals surface area contributed by atoms with Crippen LogP contribution in [0.3, 0.4) is 0 Å². The van der Waals surface area contributed by atoms with Crippen molar-refractivity contribution in [1.29, 1.82) is 0 Å². The molecule has 1 aromatic carbocycles. The highest BCUT2D eigenvalue weighted by molar-refractivity contribution is 5.94. The third-order valence-electron chi connectivity index (χ3n) is 3.26. The first-order valence-corrected chi connectivity index (χ1v) is 6.25. The molecule has 0 aromatic heterocycles. The molecule has 0 atom stereocenters. The molecule has 2 amide bonds. The number of carbonyl (C=O) groups is 2. The quantitative estimate of drug-likeness (QED) is 0.843. The van der Waals surface area contributed by atoms with E-state index in [-0.39, 0.29) is 18.0 Å². The van der Waals surface area contributed by atoms with Crippen LogP contribution in [0, 0.1) is 11.6 Å². The van der Waals surface area contributed by atoms with Crippen molar-refractivity contribution in [2.45, 2.75) is 0 Å². The minimum atomic E-state index is -0.879. The molecule has 0 saturated carbocycles. The highest BCUT2D eigenvalue weighted by atomic mass is 19.1. The smallest absolute Gasteiger partial charge is 0.256 e. The predicted octanol–water partition coefficient (Wildman–Crippen LogP) is 0.208. The zero-order valence-electron chi connectivity index (χ0n) is 10.8. The topological polar surface area (TPSA) is 66.6 Å². The van der Waals surface area contributed by atoms with Crippen LogP contribution in [0.1, 0.15) is 10.4 Å². The van der Waals surface area contributed by atoms with Crippen LogP contribution in [0.4, 0.5) is 8.78 Å². The summed E-state index contributed by atoms with van der Waals surface area (Å²) in [5, 5.41) is 0. The lowest BCUT2D eigenvalue weighted by atomic mass is 10.1. The first kappa shape index (κ1) is 14.4. The Bertz CT molecular complexity index is 528. The van der Waals surface area contributed by atoms with Gasteiger partial charge < -0.3 is 15.5 Å². The molecule has 5 nitrogen and oxygen atoms in total. The standard InChI is InChI=1S/C13H15F2N3O2/c14-9-1-2-10(11(15)7-9)13(20)18-5-3-17(4-6-18)12(19)8-16/h1-2,7H,3-6,8,16H2. The van der Waals surface area contributed by atoms with Gasteiger partial charge >= 0.3 is 0 Å². The number of nitrogens with two attached hydrogens (primary N) is 1. The molecule has 1 aliphatic rings. The van der Waals surface area contributed by atoms with E-state index in [1.807, 2.05) is 0 Å². The number of nitrogens with zero attached hydrogens (tertiary/aromatic N) is 2. The van der Waals surface area contributed by atoms with Crippen molar-refractivity contribution in [3.8, 4) is 0 Å². The van der Waals surface area contributed by atoms with E-state index in [0.717, 1.165) is 12.1 Å². The minimum absolute atomic E-state index is 0.0689. The fourth-order valence-electron chi connectivity index (χ4n) is 2.12. The molecule has 0 spiro atoms. The largest absolute Gasteiger partial charge is 0.338 e. The Morgan fingerprint density at radius 2 is 1.70 bits per heavy atom. The summed E-state index contributed by atoms with van der Waals surface area (Å²) in [6.07, 6.45) is 0. The Morgan fingerprint density at radius 1 is 1.10 bits per heavy atom. The van der Waals surface area contributed by atoms with E-state index in [1.54, 1.807) is 4.90 Å². The van der Waals surface area contributed by atoms with Crippen molar-refractivity contribution in [3.05, 3.63) is 35.4 Å². The van der Waals surface area contributed by atoms with Crippen molar-refractivity contribution >= 4 is 11.8 Å². The van der Waals surface area contributed by atoms with Crippen LogP contribution in [-0.2, 0) is 4.79 Å². The van der Waals surface area contributed by atoms with Crippen LogP contribution >= 0.6 is 0 Å². The molecular weight excluding hydrogens is 268 g/mol. The second-order valence-corrected chi connectivity index (χ2v) is 4.50. The molecule has 0 bridgehead atoms. The second kappa shape index (κ2) is 5.96. The van der Waals surface area contributed by atoms with Gasteiger partial charge in [0.25, 0.3) is 5.91 Å². The number of halogens is 2. The van der Waals surface area contributed by atoms with E-state index in [0.29, 0.717) is 32.2 Å². The van der Waals surface area contributed by atoms with Crippen molar-refractivity contribution in [3.63, 3.8) is 0 Å². The van der Waals surface area contributed by atoms with Gasteiger partial charge in [0.1, 0.15) is 11.6 Å². The van der Waals surface area contributed by atoms with E-state index in [1.165, 1.54) is 4.90 Å². The first-order valence-electron chi connectivity index (χ1n) is 6.25. The lowest BCUT2D eigenvalue weighted by Crippen LogP contribution is -2.52. The van der Waals surface area contributed by atoms with E-state index in [9.17, 15) is 18.4 Å². The molecular formula is C13H15F2N3O2. The Hall–Kier alpha value is -2.02.